The van der Waals surface area contributed by atoms with Gasteiger partial charge >= 0.3 is 0 Å². The highest BCUT2D eigenvalue weighted by Crippen LogP contribution is 2.26. The Morgan fingerprint density at radius 1 is 1.15 bits per heavy atom. The van der Waals surface area contributed by atoms with Gasteiger partial charge in [-0.25, -0.2) is 0 Å². The number of H-pyrrole nitrogens is 1. The smallest absolute Gasteiger partial charge is 0.125 e. The minimum atomic E-state index is 0.244. The number of hydrazone groups is 1. The van der Waals surface area contributed by atoms with E-state index in [0.717, 1.165) is 26.6 Å². The first-order valence-corrected chi connectivity index (χ1v) is 6.87. The maximum absolute atomic E-state index is 9.88. The van der Waals surface area contributed by atoms with Crippen molar-refractivity contribution in [1.29, 1.82) is 0 Å². The van der Waals surface area contributed by atoms with E-state index in [1.165, 1.54) is 0 Å². The number of hydrogen-bond donors (Lipinski definition) is 3. The number of aromatic hydroxyl groups is 1. The molecule has 1 aromatic heterocycles. The fraction of sp³-hybridized carbons (Fsp3) is 0. The molecule has 4 nitrogen and oxygen atoms in total. The van der Waals surface area contributed by atoms with E-state index in [1.54, 1.807) is 18.3 Å². The molecule has 20 heavy (non-hydrogen) atoms. The summed E-state index contributed by atoms with van der Waals surface area (Å²) in [7, 11) is 0. The number of nitrogens with zero attached hydrogens (tertiary/aromatic N) is 1. The number of aromatic amines is 1. The van der Waals surface area contributed by atoms with Gasteiger partial charge in [0, 0.05) is 21.7 Å². The Labute approximate surface area is 124 Å². The van der Waals surface area contributed by atoms with Gasteiger partial charge in [0.05, 0.1) is 17.3 Å². The third kappa shape index (κ3) is 2.53. The van der Waals surface area contributed by atoms with Gasteiger partial charge < -0.3 is 10.1 Å². The number of rotatable bonds is 3. The average molecular weight is 330 g/mol. The van der Waals surface area contributed by atoms with E-state index in [4.69, 9.17) is 0 Å². The van der Waals surface area contributed by atoms with Crippen LogP contribution in [-0.4, -0.2) is 16.3 Å². The Morgan fingerprint density at radius 2 is 1.95 bits per heavy atom. The molecule has 0 atom stereocenters. The summed E-state index contributed by atoms with van der Waals surface area (Å²) in [5.74, 6) is 0.244. The molecule has 0 aliphatic carbocycles. The van der Waals surface area contributed by atoms with E-state index in [0.29, 0.717) is 0 Å². The summed E-state index contributed by atoms with van der Waals surface area (Å²) >= 11 is 3.38. The molecule has 3 N–H and O–H groups in total. The Kier molecular flexibility index (Phi) is 3.43. The van der Waals surface area contributed by atoms with Gasteiger partial charge in [-0.1, -0.05) is 22.0 Å². The fourth-order valence-corrected chi connectivity index (χ4v) is 2.26. The molecule has 1 heterocycles. The zero-order valence-corrected chi connectivity index (χ0v) is 12.1. The molecule has 0 amide bonds. The first kappa shape index (κ1) is 12.7. The number of hydrogen-bond acceptors (Lipinski definition) is 3. The number of benzene rings is 2. The Hall–Kier alpha value is -2.27. The number of halogens is 1. The van der Waals surface area contributed by atoms with Crippen LogP contribution in [0.25, 0.3) is 10.9 Å². The molecule has 0 radical (unpaired) electrons. The topological polar surface area (TPSA) is 60.4 Å². The standard InChI is InChI=1S/C15H12BrN3O/c16-11-4-6-12(7-5-11)19-18-9-10-8-17-13-2-1-3-14(20)15(10)13/h1-9,17,19-20H. The lowest BCUT2D eigenvalue weighted by molar-refractivity contribution is 0.481. The van der Waals surface area contributed by atoms with Crippen LogP contribution in [0, 0.1) is 0 Å². The van der Waals surface area contributed by atoms with Crippen LogP contribution < -0.4 is 5.43 Å². The van der Waals surface area contributed by atoms with Gasteiger partial charge in [-0.05, 0) is 36.4 Å². The van der Waals surface area contributed by atoms with Gasteiger partial charge in [-0.3, -0.25) is 5.43 Å². The lowest BCUT2D eigenvalue weighted by Gasteiger charge is -1.99. The van der Waals surface area contributed by atoms with Crippen LogP contribution in [0.1, 0.15) is 5.56 Å². The highest BCUT2D eigenvalue weighted by molar-refractivity contribution is 9.10. The van der Waals surface area contributed by atoms with Crippen LogP contribution in [0.15, 0.2) is 58.2 Å². The van der Waals surface area contributed by atoms with E-state index in [9.17, 15) is 5.11 Å². The Balaban J connectivity index is 1.82. The summed E-state index contributed by atoms with van der Waals surface area (Å²) in [6, 6.07) is 13.1. The molecule has 100 valence electrons. The highest BCUT2D eigenvalue weighted by atomic mass is 79.9. The molecule has 0 spiro atoms. The summed E-state index contributed by atoms with van der Waals surface area (Å²) in [6.07, 6.45) is 3.50. The average Bonchev–Trinajstić information content (AvgIpc) is 2.86. The summed E-state index contributed by atoms with van der Waals surface area (Å²) < 4.78 is 1.02. The first-order chi connectivity index (χ1) is 9.74. The molecule has 3 rings (SSSR count). The van der Waals surface area contributed by atoms with Crippen LogP contribution in [0.5, 0.6) is 5.75 Å². The fourth-order valence-electron chi connectivity index (χ4n) is 1.99. The molecule has 2 aromatic carbocycles. The van der Waals surface area contributed by atoms with Crippen LogP contribution in [0.3, 0.4) is 0 Å². The van der Waals surface area contributed by atoms with E-state index < -0.39 is 0 Å². The molecule has 0 aliphatic heterocycles. The molecule has 0 aliphatic rings. The largest absolute Gasteiger partial charge is 0.507 e. The molecule has 0 unspecified atom stereocenters. The molecule has 0 bridgehead atoms. The molecule has 0 saturated heterocycles. The van der Waals surface area contributed by atoms with Gasteiger partial charge in [0.15, 0.2) is 0 Å². The van der Waals surface area contributed by atoms with Crippen molar-refractivity contribution < 1.29 is 5.11 Å². The van der Waals surface area contributed by atoms with Gasteiger partial charge in [-0.2, -0.15) is 5.10 Å². The second-order valence-corrected chi connectivity index (χ2v) is 5.24. The number of phenolic OH excluding ortho intramolecular Hbond substituents is 1. The molecule has 5 heteroatoms. The third-order valence-electron chi connectivity index (χ3n) is 2.96. The van der Waals surface area contributed by atoms with E-state index >= 15 is 0 Å². The Morgan fingerprint density at radius 3 is 2.75 bits per heavy atom. The quantitative estimate of drug-likeness (QED) is 0.500. The number of fused-ring (bicyclic) bond motifs is 1. The lowest BCUT2D eigenvalue weighted by Crippen LogP contribution is -1.89. The van der Waals surface area contributed by atoms with Crippen LogP contribution in [-0.2, 0) is 0 Å². The van der Waals surface area contributed by atoms with Gasteiger partial charge in [0.25, 0.3) is 0 Å². The molecular weight excluding hydrogens is 318 g/mol. The number of aromatic nitrogens is 1. The van der Waals surface area contributed by atoms with Crippen molar-refractivity contribution in [2.45, 2.75) is 0 Å². The minimum Gasteiger partial charge on any atom is -0.507 e. The van der Waals surface area contributed by atoms with E-state index in [2.05, 4.69) is 31.4 Å². The zero-order valence-electron chi connectivity index (χ0n) is 10.5. The van der Waals surface area contributed by atoms with E-state index in [-0.39, 0.29) is 5.75 Å². The van der Waals surface area contributed by atoms with Gasteiger partial charge in [-0.15, -0.1) is 0 Å². The van der Waals surface area contributed by atoms with Crippen molar-refractivity contribution in [3.05, 3.63) is 58.7 Å². The number of anilines is 1. The van der Waals surface area contributed by atoms with Crippen LogP contribution >= 0.6 is 15.9 Å². The maximum atomic E-state index is 9.88. The number of phenols is 1. The van der Waals surface area contributed by atoms with Crippen molar-refractivity contribution in [2.24, 2.45) is 5.10 Å². The van der Waals surface area contributed by atoms with Crippen LogP contribution in [0.4, 0.5) is 5.69 Å². The lowest BCUT2D eigenvalue weighted by atomic mass is 10.2. The molecule has 3 aromatic rings. The normalized spacial score (nSPS) is 11.2. The van der Waals surface area contributed by atoms with Crippen molar-refractivity contribution in [1.82, 2.24) is 4.98 Å². The minimum absolute atomic E-state index is 0.244. The predicted molar refractivity (Wildman–Crippen MR) is 85.3 cm³/mol. The Bertz CT molecular complexity index is 762. The summed E-state index contributed by atoms with van der Waals surface area (Å²) in [6.45, 7) is 0. The van der Waals surface area contributed by atoms with Crippen LogP contribution in [0.2, 0.25) is 0 Å². The van der Waals surface area contributed by atoms with E-state index in [1.807, 2.05) is 36.5 Å². The zero-order chi connectivity index (χ0) is 13.9. The van der Waals surface area contributed by atoms with Crippen molar-refractivity contribution in [2.75, 3.05) is 5.43 Å². The maximum Gasteiger partial charge on any atom is 0.125 e. The summed E-state index contributed by atoms with van der Waals surface area (Å²) in [5, 5.41) is 14.8. The van der Waals surface area contributed by atoms with Crippen molar-refractivity contribution in [3.63, 3.8) is 0 Å². The molecular formula is C15H12BrN3O. The first-order valence-electron chi connectivity index (χ1n) is 6.08. The van der Waals surface area contributed by atoms with Crippen molar-refractivity contribution in [3.8, 4) is 5.75 Å². The second-order valence-electron chi connectivity index (χ2n) is 4.32. The SMILES string of the molecule is Oc1cccc2[nH]cc(C=NNc3ccc(Br)cc3)c12. The van der Waals surface area contributed by atoms with Gasteiger partial charge in [0.1, 0.15) is 5.75 Å². The monoisotopic (exact) mass is 329 g/mol. The third-order valence-corrected chi connectivity index (χ3v) is 3.48. The molecule has 0 saturated carbocycles. The highest BCUT2D eigenvalue weighted by Gasteiger charge is 2.05. The number of nitrogens with one attached hydrogen (secondary N) is 2. The van der Waals surface area contributed by atoms with Gasteiger partial charge in [0.2, 0.25) is 0 Å². The molecule has 0 fully saturated rings. The second kappa shape index (κ2) is 5.38. The predicted octanol–water partition coefficient (Wildman–Crippen LogP) is 4.08. The van der Waals surface area contributed by atoms with Crippen molar-refractivity contribution >= 4 is 38.7 Å². The summed E-state index contributed by atoms with van der Waals surface area (Å²) in [4.78, 5) is 3.10. The summed E-state index contributed by atoms with van der Waals surface area (Å²) in [5.41, 5.74) is 5.56.